The van der Waals surface area contributed by atoms with E-state index >= 15 is 0 Å². The van der Waals surface area contributed by atoms with Gasteiger partial charge < -0.3 is 5.32 Å². The summed E-state index contributed by atoms with van der Waals surface area (Å²) in [7, 11) is -3.30. The first kappa shape index (κ1) is 12.2. The van der Waals surface area contributed by atoms with Gasteiger partial charge in [-0.1, -0.05) is 0 Å². The molecular weight excluding hydrogens is 288 g/mol. The Morgan fingerprint density at radius 2 is 2.13 bits per heavy atom. The van der Waals surface area contributed by atoms with E-state index < -0.39 is 27.8 Å². The number of rotatable bonds is 1. The summed E-state index contributed by atoms with van der Waals surface area (Å²) in [4.78, 5) is 21.5. The molecule has 15 heavy (non-hydrogen) atoms. The number of urea groups is 1. The van der Waals surface area contributed by atoms with E-state index in [-0.39, 0.29) is 9.57 Å². The Kier molecular flexibility index (Phi) is 3.50. The minimum Gasteiger partial charge on any atom is -0.330 e. The van der Waals surface area contributed by atoms with Crippen molar-refractivity contribution in [2.24, 2.45) is 0 Å². The van der Waals surface area contributed by atoms with Gasteiger partial charge in [0.1, 0.15) is 3.81 Å². The van der Waals surface area contributed by atoms with Gasteiger partial charge in [0.2, 0.25) is 5.91 Å². The normalized spacial score (nSPS) is 23.1. The van der Waals surface area contributed by atoms with Crippen molar-refractivity contribution in [3.8, 4) is 0 Å². The first-order valence-corrected chi connectivity index (χ1v) is 6.44. The average Bonchev–Trinajstić information content (AvgIpc) is 2.22. The molecule has 1 rings (SSSR count). The molecule has 0 aromatic carbocycles. The van der Waals surface area contributed by atoms with Crippen LogP contribution in [-0.4, -0.2) is 32.2 Å². The van der Waals surface area contributed by atoms with Crippen molar-refractivity contribution in [3.05, 3.63) is 9.89 Å². The number of sulfone groups is 1. The zero-order valence-electron chi connectivity index (χ0n) is 7.78. The molecule has 1 heterocycles. The molecule has 6 nitrogen and oxygen atoms in total. The van der Waals surface area contributed by atoms with Crippen LogP contribution in [0.3, 0.4) is 0 Å². The van der Waals surface area contributed by atoms with Crippen LogP contribution < -0.4 is 10.6 Å². The highest BCUT2D eigenvalue weighted by atomic mass is 79.9. The molecule has 1 aliphatic heterocycles. The molecule has 0 spiro atoms. The van der Waals surface area contributed by atoms with E-state index in [4.69, 9.17) is 0 Å². The Morgan fingerprint density at radius 1 is 1.53 bits per heavy atom. The van der Waals surface area contributed by atoms with Gasteiger partial charge >= 0.3 is 6.03 Å². The van der Waals surface area contributed by atoms with Crippen LogP contribution in [0, 0.1) is 0 Å². The molecule has 2 N–H and O–H groups in total. The maximum Gasteiger partial charge on any atom is 0.321 e. The van der Waals surface area contributed by atoms with Crippen LogP contribution in [-0.2, 0) is 14.6 Å². The van der Waals surface area contributed by atoms with Gasteiger partial charge in [0, 0.05) is 6.92 Å². The maximum absolute atomic E-state index is 11.2. The summed E-state index contributed by atoms with van der Waals surface area (Å²) in [6.07, 6.45) is 1.37. The molecule has 0 saturated carbocycles. The standard InChI is InChI=1S/C7H9BrN2O4S/c1-4(11)9-7(12)10-5-2-6(8)15(13,14)3-5/h2,5H,3H2,1H3,(H2,9,10,11,12). The highest BCUT2D eigenvalue weighted by Gasteiger charge is 2.29. The monoisotopic (exact) mass is 296 g/mol. The van der Waals surface area contributed by atoms with Crippen molar-refractivity contribution in [1.29, 1.82) is 0 Å². The Labute approximate surface area is 95.1 Å². The van der Waals surface area contributed by atoms with Crippen molar-refractivity contribution in [2.45, 2.75) is 13.0 Å². The Morgan fingerprint density at radius 3 is 2.53 bits per heavy atom. The van der Waals surface area contributed by atoms with Crippen LogP contribution in [0.2, 0.25) is 0 Å². The fourth-order valence-corrected chi connectivity index (χ4v) is 2.97. The van der Waals surface area contributed by atoms with Crippen LogP contribution in [0.25, 0.3) is 0 Å². The number of carbonyl (C=O) groups is 2. The summed E-state index contributed by atoms with van der Waals surface area (Å²) >= 11 is 2.88. The molecular formula is C7H9BrN2O4S. The van der Waals surface area contributed by atoms with E-state index in [1.54, 1.807) is 0 Å². The quantitative estimate of drug-likeness (QED) is 0.705. The summed E-state index contributed by atoms with van der Waals surface area (Å²) in [5.74, 6) is -0.699. The molecule has 1 aliphatic rings. The third kappa shape index (κ3) is 3.31. The zero-order chi connectivity index (χ0) is 11.6. The molecule has 0 aromatic heterocycles. The van der Waals surface area contributed by atoms with Crippen LogP contribution in [0.5, 0.6) is 0 Å². The largest absolute Gasteiger partial charge is 0.330 e. The number of imide groups is 1. The van der Waals surface area contributed by atoms with Gasteiger partial charge in [-0.25, -0.2) is 13.2 Å². The summed E-state index contributed by atoms with van der Waals surface area (Å²) < 4.78 is 22.5. The lowest BCUT2D eigenvalue weighted by atomic mass is 10.3. The molecule has 84 valence electrons. The molecule has 8 heteroatoms. The summed E-state index contributed by atoms with van der Waals surface area (Å²) in [6.45, 7) is 1.19. The number of carbonyl (C=O) groups excluding carboxylic acids is 2. The molecule has 0 saturated heterocycles. The van der Waals surface area contributed by atoms with Crippen LogP contribution >= 0.6 is 15.9 Å². The van der Waals surface area contributed by atoms with Gasteiger partial charge in [-0.05, 0) is 22.0 Å². The lowest BCUT2D eigenvalue weighted by Gasteiger charge is -2.08. The van der Waals surface area contributed by atoms with Crippen LogP contribution in [0.4, 0.5) is 4.79 Å². The van der Waals surface area contributed by atoms with Crippen molar-refractivity contribution in [1.82, 2.24) is 10.6 Å². The van der Waals surface area contributed by atoms with E-state index in [2.05, 4.69) is 21.2 Å². The van der Waals surface area contributed by atoms with Crippen molar-refractivity contribution in [2.75, 3.05) is 5.75 Å². The second-order valence-corrected chi connectivity index (χ2v) is 6.40. The van der Waals surface area contributed by atoms with Crippen molar-refractivity contribution < 1.29 is 18.0 Å². The smallest absolute Gasteiger partial charge is 0.321 e. The summed E-state index contributed by atoms with van der Waals surface area (Å²) in [6, 6.07) is -1.31. The molecule has 1 unspecified atom stereocenters. The number of halogens is 1. The topological polar surface area (TPSA) is 92.3 Å². The third-order valence-electron chi connectivity index (χ3n) is 1.63. The maximum atomic E-state index is 11.2. The minimum absolute atomic E-state index is 0.0584. The van der Waals surface area contributed by atoms with Gasteiger partial charge in [0.15, 0.2) is 9.84 Å². The van der Waals surface area contributed by atoms with Gasteiger partial charge in [0.05, 0.1) is 11.8 Å². The predicted octanol–water partition coefficient (Wildman–Crippen LogP) is -0.135. The predicted molar refractivity (Wildman–Crippen MR) is 56.9 cm³/mol. The average molecular weight is 297 g/mol. The molecule has 0 radical (unpaired) electrons. The van der Waals surface area contributed by atoms with Gasteiger partial charge in [-0.3, -0.25) is 10.1 Å². The fraction of sp³-hybridized carbons (Fsp3) is 0.429. The Balaban J connectivity index is 2.57. The fourth-order valence-electron chi connectivity index (χ4n) is 1.07. The second-order valence-electron chi connectivity index (χ2n) is 3.01. The molecule has 0 fully saturated rings. The molecule has 0 aliphatic carbocycles. The van der Waals surface area contributed by atoms with Gasteiger partial charge in [-0.2, -0.15) is 0 Å². The Bertz CT molecular complexity index is 428. The van der Waals surface area contributed by atoms with Crippen LogP contribution in [0.15, 0.2) is 9.89 Å². The SMILES string of the molecule is CC(=O)NC(=O)NC1C=C(Br)S(=O)(=O)C1. The number of hydrogen-bond donors (Lipinski definition) is 2. The van der Waals surface area contributed by atoms with Crippen molar-refractivity contribution in [3.63, 3.8) is 0 Å². The van der Waals surface area contributed by atoms with E-state index in [0.717, 1.165) is 0 Å². The van der Waals surface area contributed by atoms with Crippen molar-refractivity contribution >= 4 is 37.7 Å². The summed E-state index contributed by atoms with van der Waals surface area (Å²) in [5.41, 5.74) is 0. The number of amides is 3. The highest BCUT2D eigenvalue weighted by Crippen LogP contribution is 2.23. The number of hydrogen-bond acceptors (Lipinski definition) is 4. The molecule has 3 amide bonds. The van der Waals surface area contributed by atoms with E-state index in [9.17, 15) is 18.0 Å². The second kappa shape index (κ2) is 4.31. The molecule has 1 atom stereocenters. The van der Waals surface area contributed by atoms with E-state index in [0.29, 0.717) is 0 Å². The molecule has 0 aromatic rings. The first-order valence-electron chi connectivity index (χ1n) is 3.99. The minimum atomic E-state index is -3.30. The lowest BCUT2D eigenvalue weighted by molar-refractivity contribution is -0.117. The number of nitrogens with one attached hydrogen (secondary N) is 2. The third-order valence-corrected chi connectivity index (χ3v) is 4.91. The van der Waals surface area contributed by atoms with Gasteiger partial charge in [-0.15, -0.1) is 0 Å². The first-order chi connectivity index (χ1) is 6.81. The van der Waals surface area contributed by atoms with Gasteiger partial charge in [0.25, 0.3) is 0 Å². The Hall–Kier alpha value is -0.890. The van der Waals surface area contributed by atoms with E-state index in [1.165, 1.54) is 13.0 Å². The van der Waals surface area contributed by atoms with Crippen LogP contribution in [0.1, 0.15) is 6.92 Å². The molecule has 0 bridgehead atoms. The summed E-state index contributed by atoms with van der Waals surface area (Å²) in [5, 5.41) is 4.32. The lowest BCUT2D eigenvalue weighted by Crippen LogP contribution is -2.44. The van der Waals surface area contributed by atoms with E-state index in [1.807, 2.05) is 5.32 Å². The highest BCUT2D eigenvalue weighted by molar-refractivity contribution is 9.13. The zero-order valence-corrected chi connectivity index (χ0v) is 10.2.